The standard InChI is InChI=1S/C48H29N3/c1-3-14-30(15-4-1)41-29-33-28-32(26-27-42(33)51-43-25-12-11-20-36(43)39-23-13-24-40(41)47(39)51)45-44-37-21-9-7-18-34(37)35-19-8-10-22-38(35)46(44)50-48(49-45)31-16-5-2-6-17-31/h1-29H. The fourth-order valence-corrected chi connectivity index (χ4v) is 8.29. The predicted octanol–water partition coefficient (Wildman–Crippen LogP) is 12.3. The van der Waals surface area contributed by atoms with Gasteiger partial charge in [-0.2, -0.15) is 0 Å². The van der Waals surface area contributed by atoms with E-state index in [0.29, 0.717) is 0 Å². The maximum atomic E-state index is 5.43. The molecule has 0 saturated carbocycles. The lowest BCUT2D eigenvalue weighted by Crippen LogP contribution is -1.99. The van der Waals surface area contributed by atoms with Gasteiger partial charge in [0.15, 0.2) is 5.82 Å². The molecule has 11 rings (SSSR count). The zero-order chi connectivity index (χ0) is 33.5. The van der Waals surface area contributed by atoms with Crippen LogP contribution in [0.1, 0.15) is 16.7 Å². The van der Waals surface area contributed by atoms with Gasteiger partial charge in [-0.3, -0.25) is 0 Å². The van der Waals surface area contributed by atoms with E-state index < -0.39 is 0 Å². The van der Waals surface area contributed by atoms with E-state index in [-0.39, 0.29) is 0 Å². The molecule has 10 aromatic rings. The summed E-state index contributed by atoms with van der Waals surface area (Å²) in [5.74, 6) is 0.722. The van der Waals surface area contributed by atoms with Crippen LogP contribution in [0, 0.1) is 0 Å². The van der Waals surface area contributed by atoms with E-state index in [0.717, 1.165) is 55.6 Å². The number of hydrogen-bond donors (Lipinski definition) is 0. The smallest absolute Gasteiger partial charge is 0.160 e. The number of fused-ring (bicyclic) bond motifs is 11. The fraction of sp³-hybridized carbons (Fsp3) is 0. The van der Waals surface area contributed by atoms with Crippen LogP contribution in [-0.2, 0) is 0 Å². The molecule has 0 radical (unpaired) electrons. The highest BCUT2D eigenvalue weighted by atomic mass is 15.0. The summed E-state index contributed by atoms with van der Waals surface area (Å²) in [4.78, 5) is 10.7. The normalized spacial score (nSPS) is 12.4. The van der Waals surface area contributed by atoms with E-state index in [2.05, 4.69) is 174 Å². The molecule has 0 spiro atoms. The monoisotopic (exact) mass is 647 g/mol. The van der Waals surface area contributed by atoms with Gasteiger partial charge in [0.2, 0.25) is 0 Å². The maximum Gasteiger partial charge on any atom is 0.160 e. The highest BCUT2D eigenvalue weighted by Gasteiger charge is 2.24. The van der Waals surface area contributed by atoms with Gasteiger partial charge in [0.25, 0.3) is 0 Å². The molecule has 0 aliphatic carbocycles. The van der Waals surface area contributed by atoms with E-state index >= 15 is 0 Å². The first-order valence-electron chi connectivity index (χ1n) is 17.4. The third-order valence-electron chi connectivity index (χ3n) is 10.5. The molecule has 0 bridgehead atoms. The van der Waals surface area contributed by atoms with Crippen molar-refractivity contribution in [3.8, 4) is 28.3 Å². The molecule has 51 heavy (non-hydrogen) atoms. The van der Waals surface area contributed by atoms with Gasteiger partial charge in [0.1, 0.15) is 0 Å². The van der Waals surface area contributed by atoms with Crippen molar-refractivity contribution in [1.82, 2.24) is 14.5 Å². The van der Waals surface area contributed by atoms with Crippen molar-refractivity contribution in [3.63, 3.8) is 0 Å². The summed E-state index contributed by atoms with van der Waals surface area (Å²) in [7, 11) is 0. The lowest BCUT2D eigenvalue weighted by molar-refractivity contribution is 1.17. The van der Waals surface area contributed by atoms with Crippen LogP contribution in [0.15, 0.2) is 170 Å². The van der Waals surface area contributed by atoms with Crippen LogP contribution >= 0.6 is 0 Å². The van der Waals surface area contributed by atoms with E-state index in [1.807, 2.05) is 6.07 Å². The molecule has 236 valence electrons. The molecular weight excluding hydrogens is 619 g/mol. The fourth-order valence-electron chi connectivity index (χ4n) is 8.29. The van der Waals surface area contributed by atoms with Crippen LogP contribution in [-0.4, -0.2) is 14.5 Å². The Morgan fingerprint density at radius 3 is 1.84 bits per heavy atom. The predicted molar refractivity (Wildman–Crippen MR) is 213 cm³/mol. The average molecular weight is 648 g/mol. The van der Waals surface area contributed by atoms with Gasteiger partial charge < -0.3 is 4.57 Å². The maximum absolute atomic E-state index is 5.43. The third kappa shape index (κ3) is 4.12. The molecular formula is C48H29N3. The topological polar surface area (TPSA) is 30.7 Å². The quantitative estimate of drug-likeness (QED) is 0.179. The number of hydrogen-bond acceptors (Lipinski definition) is 2. The van der Waals surface area contributed by atoms with Crippen molar-refractivity contribution >= 4 is 65.9 Å². The highest BCUT2D eigenvalue weighted by Crippen LogP contribution is 2.45. The molecule has 3 heteroatoms. The molecule has 1 aliphatic rings. The summed E-state index contributed by atoms with van der Waals surface area (Å²) >= 11 is 0. The first-order valence-corrected chi connectivity index (χ1v) is 17.4. The Hall–Kier alpha value is -6.84. The van der Waals surface area contributed by atoms with Gasteiger partial charge in [-0.05, 0) is 57.1 Å². The summed E-state index contributed by atoms with van der Waals surface area (Å²) in [5, 5.41) is 8.27. The van der Waals surface area contributed by atoms with Crippen molar-refractivity contribution in [2.45, 2.75) is 0 Å². The van der Waals surface area contributed by atoms with Gasteiger partial charge in [-0.1, -0.05) is 152 Å². The molecule has 3 heterocycles. The highest BCUT2D eigenvalue weighted by molar-refractivity contribution is 6.27. The molecule has 1 aliphatic heterocycles. The first kappa shape index (κ1) is 28.0. The zero-order valence-electron chi connectivity index (χ0n) is 27.6. The molecule has 8 aromatic carbocycles. The number of benzene rings is 8. The van der Waals surface area contributed by atoms with Crippen molar-refractivity contribution < 1.29 is 0 Å². The number of nitrogens with zero attached hydrogens (tertiary/aromatic N) is 3. The number of para-hydroxylation sites is 2. The Kier molecular flexibility index (Phi) is 5.96. The minimum Gasteiger partial charge on any atom is -0.308 e. The molecule has 0 amide bonds. The number of rotatable bonds is 3. The molecule has 2 aromatic heterocycles. The molecule has 0 unspecified atom stereocenters. The van der Waals surface area contributed by atoms with Crippen molar-refractivity contribution in [1.29, 1.82) is 0 Å². The molecule has 0 saturated heterocycles. The summed E-state index contributed by atoms with van der Waals surface area (Å²) < 4.78 is 2.46. The molecule has 0 atom stereocenters. The van der Waals surface area contributed by atoms with Gasteiger partial charge in [-0.15, -0.1) is 0 Å². The Labute approximate surface area is 294 Å². The summed E-state index contributed by atoms with van der Waals surface area (Å²) in [6.07, 6.45) is 2.37. The minimum absolute atomic E-state index is 0.722. The second kappa shape index (κ2) is 10.8. The Bertz CT molecular complexity index is 3060. The van der Waals surface area contributed by atoms with Crippen molar-refractivity contribution in [3.05, 3.63) is 187 Å². The zero-order valence-corrected chi connectivity index (χ0v) is 27.6. The van der Waals surface area contributed by atoms with Crippen LogP contribution in [0.5, 0.6) is 0 Å². The van der Waals surface area contributed by atoms with Gasteiger partial charge in [-0.25, -0.2) is 9.97 Å². The Morgan fingerprint density at radius 1 is 0.431 bits per heavy atom. The largest absolute Gasteiger partial charge is 0.308 e. The Balaban J connectivity index is 1.27. The van der Waals surface area contributed by atoms with Crippen molar-refractivity contribution in [2.24, 2.45) is 0 Å². The average Bonchev–Trinajstić information content (AvgIpc) is 3.46. The van der Waals surface area contributed by atoms with Crippen LogP contribution < -0.4 is 0 Å². The first-order chi connectivity index (χ1) is 25.3. The lowest BCUT2D eigenvalue weighted by atomic mass is 9.92. The van der Waals surface area contributed by atoms with E-state index in [1.54, 1.807) is 0 Å². The Morgan fingerprint density at radius 2 is 1.06 bits per heavy atom. The van der Waals surface area contributed by atoms with Crippen LogP contribution in [0.25, 0.3) is 94.2 Å². The molecule has 0 N–H and O–H groups in total. The number of aromatic nitrogens is 3. The third-order valence-corrected chi connectivity index (χ3v) is 10.5. The van der Waals surface area contributed by atoms with E-state index in [4.69, 9.17) is 9.97 Å². The summed E-state index contributed by atoms with van der Waals surface area (Å²) in [5.41, 5.74) is 12.3. The molecule has 3 nitrogen and oxygen atoms in total. The van der Waals surface area contributed by atoms with Crippen molar-refractivity contribution in [2.75, 3.05) is 0 Å². The lowest BCUT2D eigenvalue weighted by Gasteiger charge is -2.16. The van der Waals surface area contributed by atoms with Gasteiger partial charge in [0.05, 0.1) is 27.9 Å². The van der Waals surface area contributed by atoms with E-state index in [9.17, 15) is 0 Å². The van der Waals surface area contributed by atoms with Gasteiger partial charge in [0, 0.05) is 38.2 Å². The van der Waals surface area contributed by atoms with Gasteiger partial charge >= 0.3 is 0 Å². The minimum atomic E-state index is 0.722. The van der Waals surface area contributed by atoms with Crippen LogP contribution in [0.3, 0.4) is 0 Å². The second-order valence-electron chi connectivity index (χ2n) is 13.3. The van der Waals surface area contributed by atoms with E-state index in [1.165, 1.54) is 49.3 Å². The molecule has 0 fully saturated rings. The SMILES string of the molecule is C1=C(c2ccccc2)c2cccc3c4ccccc4n(c23)-c2ccc(-c3nc(-c4ccccc4)nc4c5ccccc5c5ccccc5c34)cc21. The van der Waals surface area contributed by atoms with Crippen LogP contribution in [0.2, 0.25) is 0 Å². The summed E-state index contributed by atoms with van der Waals surface area (Å²) in [6, 6.07) is 60.8. The summed E-state index contributed by atoms with van der Waals surface area (Å²) in [6.45, 7) is 0. The van der Waals surface area contributed by atoms with Crippen LogP contribution in [0.4, 0.5) is 0 Å². The second-order valence-corrected chi connectivity index (χ2v) is 13.3.